The maximum absolute atomic E-state index is 13.5. The lowest BCUT2D eigenvalue weighted by Gasteiger charge is -2.21. The van der Waals surface area contributed by atoms with Crippen molar-refractivity contribution in [3.63, 3.8) is 0 Å². The number of benzene rings is 2. The number of amides is 1. The van der Waals surface area contributed by atoms with Gasteiger partial charge in [-0.15, -0.1) is 0 Å². The molecule has 7 heteroatoms. The summed E-state index contributed by atoms with van der Waals surface area (Å²) >= 11 is 0. The van der Waals surface area contributed by atoms with Gasteiger partial charge in [0.25, 0.3) is 5.91 Å². The third-order valence-electron chi connectivity index (χ3n) is 4.46. The predicted octanol–water partition coefficient (Wildman–Crippen LogP) is 3.87. The zero-order valence-corrected chi connectivity index (χ0v) is 15.5. The molecule has 0 saturated heterocycles. The van der Waals surface area contributed by atoms with Crippen molar-refractivity contribution in [2.75, 3.05) is 20.8 Å². The molecule has 0 spiro atoms. The molecule has 3 rings (SSSR count). The van der Waals surface area contributed by atoms with E-state index >= 15 is 0 Å². The van der Waals surface area contributed by atoms with Crippen LogP contribution in [0.25, 0.3) is 0 Å². The minimum Gasteiger partial charge on any atom is -0.493 e. The summed E-state index contributed by atoms with van der Waals surface area (Å²) in [5, 5.41) is 5.73. The summed E-state index contributed by atoms with van der Waals surface area (Å²) in [5.41, 5.74) is 1.09. The third kappa shape index (κ3) is 3.49. The fourth-order valence-corrected chi connectivity index (χ4v) is 3.07. The highest BCUT2D eigenvalue weighted by Gasteiger charge is 2.38. The van der Waals surface area contributed by atoms with Crippen LogP contribution in [0.2, 0.25) is 0 Å². The fraction of sp³-hybridized carbons (Fsp3) is 0.300. The van der Waals surface area contributed by atoms with Gasteiger partial charge < -0.3 is 9.47 Å². The van der Waals surface area contributed by atoms with Crippen LogP contribution in [0.3, 0.4) is 0 Å². The number of rotatable bonds is 4. The molecule has 27 heavy (non-hydrogen) atoms. The van der Waals surface area contributed by atoms with Gasteiger partial charge in [0, 0.05) is 16.5 Å². The molecule has 0 saturated carbocycles. The minimum absolute atomic E-state index is 0.0435. The Balaban J connectivity index is 1.96. The van der Waals surface area contributed by atoms with Crippen LogP contribution in [0, 0.1) is 17.0 Å². The smallest absolute Gasteiger partial charge is 0.274 e. The lowest BCUT2D eigenvalue weighted by Crippen LogP contribution is -2.31. The number of methoxy groups -OCH3 is 2. The van der Waals surface area contributed by atoms with Crippen LogP contribution in [-0.2, 0) is 0 Å². The van der Waals surface area contributed by atoms with Crippen LogP contribution in [0.5, 0.6) is 11.5 Å². The average Bonchev–Trinajstić information content (AvgIpc) is 2.98. The summed E-state index contributed by atoms with van der Waals surface area (Å²) in [6.07, 6.45) is 0. The highest BCUT2D eigenvalue weighted by atomic mass is 19.2. The molecule has 2 aromatic carbocycles. The Morgan fingerprint density at radius 1 is 1.04 bits per heavy atom. The topological polar surface area (TPSA) is 51.1 Å². The first kappa shape index (κ1) is 18.8. The zero-order valence-electron chi connectivity index (χ0n) is 15.5. The number of halogens is 2. The van der Waals surface area contributed by atoms with Gasteiger partial charge >= 0.3 is 0 Å². The Bertz CT molecular complexity index is 925. The van der Waals surface area contributed by atoms with E-state index in [4.69, 9.17) is 9.47 Å². The highest BCUT2D eigenvalue weighted by molar-refractivity contribution is 6.08. The van der Waals surface area contributed by atoms with Gasteiger partial charge in [-0.05, 0) is 36.4 Å². The van der Waals surface area contributed by atoms with Crippen molar-refractivity contribution in [3.05, 3.63) is 59.2 Å². The van der Waals surface area contributed by atoms with Crippen LogP contribution in [0.1, 0.15) is 29.8 Å². The molecule has 0 N–H and O–H groups in total. The molecule has 0 fully saturated rings. The number of carbonyl (C=O) groups is 1. The van der Waals surface area contributed by atoms with Crippen molar-refractivity contribution in [2.24, 2.45) is 10.5 Å². The Morgan fingerprint density at radius 2 is 1.74 bits per heavy atom. The summed E-state index contributed by atoms with van der Waals surface area (Å²) in [7, 11) is 3.10. The molecular formula is C20H20F2N2O3. The second-order valence-corrected chi connectivity index (χ2v) is 6.89. The molecular weight excluding hydrogens is 354 g/mol. The van der Waals surface area contributed by atoms with E-state index in [2.05, 4.69) is 5.10 Å². The van der Waals surface area contributed by atoms with E-state index in [1.807, 2.05) is 19.9 Å². The summed E-state index contributed by atoms with van der Waals surface area (Å²) < 4.78 is 37.2. The number of carbonyl (C=O) groups excluding carboxylic acids is 1. The lowest BCUT2D eigenvalue weighted by atomic mass is 9.84. The molecule has 0 aromatic heterocycles. The van der Waals surface area contributed by atoms with E-state index in [0.29, 0.717) is 23.8 Å². The van der Waals surface area contributed by atoms with E-state index in [9.17, 15) is 13.6 Å². The van der Waals surface area contributed by atoms with Gasteiger partial charge in [-0.2, -0.15) is 5.10 Å². The van der Waals surface area contributed by atoms with Gasteiger partial charge in [-0.1, -0.05) is 13.8 Å². The predicted molar refractivity (Wildman–Crippen MR) is 97.3 cm³/mol. The molecule has 1 aliphatic heterocycles. The van der Waals surface area contributed by atoms with E-state index in [-0.39, 0.29) is 5.56 Å². The van der Waals surface area contributed by atoms with Crippen LogP contribution < -0.4 is 9.47 Å². The number of ether oxygens (including phenoxy) is 2. The maximum atomic E-state index is 13.5. The van der Waals surface area contributed by atoms with Crippen LogP contribution >= 0.6 is 0 Å². The van der Waals surface area contributed by atoms with E-state index in [1.54, 1.807) is 26.4 Å². The maximum Gasteiger partial charge on any atom is 0.274 e. The molecule has 0 unspecified atom stereocenters. The van der Waals surface area contributed by atoms with Crippen molar-refractivity contribution in [1.29, 1.82) is 0 Å². The Kier molecular flexibility index (Phi) is 4.87. The number of hydrogen-bond donors (Lipinski definition) is 0. The van der Waals surface area contributed by atoms with Gasteiger partial charge in [0.2, 0.25) is 0 Å². The molecule has 0 bridgehead atoms. The molecule has 2 aromatic rings. The molecule has 1 heterocycles. The second-order valence-electron chi connectivity index (χ2n) is 6.89. The molecule has 142 valence electrons. The molecule has 0 aliphatic carbocycles. The molecule has 5 nitrogen and oxygen atoms in total. The van der Waals surface area contributed by atoms with Crippen molar-refractivity contribution in [1.82, 2.24) is 5.01 Å². The van der Waals surface area contributed by atoms with Crippen molar-refractivity contribution >= 4 is 11.6 Å². The average molecular weight is 374 g/mol. The van der Waals surface area contributed by atoms with Gasteiger partial charge in [0.1, 0.15) is 0 Å². The zero-order chi connectivity index (χ0) is 19.8. The highest BCUT2D eigenvalue weighted by Crippen LogP contribution is 2.35. The SMILES string of the molecule is COc1ccc(C2=NN(C(=O)c3ccc(F)c(F)c3)CC2(C)C)cc1OC. The second kappa shape index (κ2) is 6.98. The first-order valence-electron chi connectivity index (χ1n) is 8.35. The number of nitrogens with zero attached hydrogens (tertiary/aromatic N) is 2. The molecule has 1 aliphatic rings. The lowest BCUT2D eigenvalue weighted by molar-refractivity contribution is 0.0753. The molecule has 0 radical (unpaired) electrons. The van der Waals surface area contributed by atoms with Crippen molar-refractivity contribution in [3.8, 4) is 11.5 Å². The van der Waals surface area contributed by atoms with E-state index < -0.39 is 23.0 Å². The van der Waals surface area contributed by atoms with Crippen molar-refractivity contribution < 1.29 is 23.0 Å². The van der Waals surface area contributed by atoms with Crippen LogP contribution in [0.15, 0.2) is 41.5 Å². The largest absolute Gasteiger partial charge is 0.493 e. The Hall–Kier alpha value is -2.96. The normalized spacial score (nSPS) is 15.5. The van der Waals surface area contributed by atoms with Crippen LogP contribution in [-0.4, -0.2) is 37.4 Å². The van der Waals surface area contributed by atoms with Gasteiger partial charge in [-0.3, -0.25) is 4.79 Å². The first-order valence-corrected chi connectivity index (χ1v) is 8.35. The standard InChI is InChI=1S/C20H20F2N2O3/c1-20(2)11-24(19(25)13-5-7-14(21)15(22)9-13)23-18(20)12-6-8-16(26-3)17(10-12)27-4/h5-10H,11H2,1-4H3. The quantitative estimate of drug-likeness (QED) is 0.816. The minimum atomic E-state index is -1.07. The monoisotopic (exact) mass is 374 g/mol. The summed E-state index contributed by atoms with van der Waals surface area (Å²) in [6, 6.07) is 8.47. The molecule has 1 amide bonds. The molecule has 0 atom stereocenters. The number of hydrogen-bond acceptors (Lipinski definition) is 4. The summed E-state index contributed by atoms with van der Waals surface area (Å²) in [6.45, 7) is 4.23. The van der Waals surface area contributed by atoms with Gasteiger partial charge in [0.05, 0.1) is 26.5 Å². The first-order chi connectivity index (χ1) is 12.8. The van der Waals surface area contributed by atoms with E-state index in [0.717, 1.165) is 17.7 Å². The third-order valence-corrected chi connectivity index (χ3v) is 4.46. The Labute approximate surface area is 156 Å². The van der Waals surface area contributed by atoms with Crippen molar-refractivity contribution in [2.45, 2.75) is 13.8 Å². The fourth-order valence-electron chi connectivity index (χ4n) is 3.07. The van der Waals surface area contributed by atoms with Crippen LogP contribution in [0.4, 0.5) is 8.78 Å². The van der Waals surface area contributed by atoms with E-state index in [1.165, 1.54) is 11.1 Å². The number of hydrazone groups is 1. The Morgan fingerprint density at radius 3 is 2.37 bits per heavy atom. The van der Waals surface area contributed by atoms with Gasteiger partial charge in [-0.25, -0.2) is 13.8 Å². The summed E-state index contributed by atoms with van der Waals surface area (Å²) in [5.74, 6) is -1.41. The van der Waals surface area contributed by atoms with Gasteiger partial charge in [0.15, 0.2) is 23.1 Å². The summed E-state index contributed by atoms with van der Waals surface area (Å²) in [4.78, 5) is 12.7.